The van der Waals surface area contributed by atoms with E-state index in [2.05, 4.69) is 46.7 Å². The lowest BCUT2D eigenvalue weighted by molar-refractivity contribution is 0.0906. The normalized spacial score (nSPS) is 11.5. The molecule has 2 rings (SSSR count). The summed E-state index contributed by atoms with van der Waals surface area (Å²) >= 11 is 0. The van der Waals surface area contributed by atoms with E-state index < -0.39 is 5.54 Å². The van der Waals surface area contributed by atoms with Crippen molar-refractivity contribution >= 4 is 5.91 Å². The van der Waals surface area contributed by atoms with Crippen molar-refractivity contribution in [3.63, 3.8) is 0 Å². The van der Waals surface area contributed by atoms with Crippen LogP contribution >= 0.6 is 0 Å². The van der Waals surface area contributed by atoms with Gasteiger partial charge >= 0.3 is 0 Å². The molecule has 1 aromatic heterocycles. The Labute approximate surface area is 126 Å². The van der Waals surface area contributed by atoms with Gasteiger partial charge in [0, 0.05) is 11.3 Å². The van der Waals surface area contributed by atoms with E-state index in [9.17, 15) is 4.79 Å². The van der Waals surface area contributed by atoms with Gasteiger partial charge in [0.05, 0.1) is 5.54 Å². The Morgan fingerprint density at radius 2 is 1.86 bits per heavy atom. The molecule has 0 saturated carbocycles. The summed E-state index contributed by atoms with van der Waals surface area (Å²) in [7, 11) is 0. The Kier molecular flexibility index (Phi) is 4.16. The van der Waals surface area contributed by atoms with Crippen molar-refractivity contribution in [3.05, 3.63) is 52.3 Å². The van der Waals surface area contributed by atoms with Crippen molar-refractivity contribution in [2.75, 3.05) is 0 Å². The smallest absolute Gasteiger partial charge is 0.272 e. The van der Waals surface area contributed by atoms with Crippen molar-refractivity contribution in [1.82, 2.24) is 15.5 Å². The number of hydrogen-bond donors (Lipinski definition) is 2. The minimum atomic E-state index is -0.442. The Balaban J connectivity index is 2.19. The molecule has 1 amide bonds. The summed E-state index contributed by atoms with van der Waals surface area (Å²) < 4.78 is 0. The average Bonchev–Trinajstić information content (AvgIpc) is 2.78. The maximum atomic E-state index is 12.4. The molecule has 0 aliphatic rings. The molecule has 2 aromatic rings. The van der Waals surface area contributed by atoms with Gasteiger partial charge in [-0.05, 0) is 45.2 Å². The standard InChI is InChI=1S/C17H23N3O/c1-6-13-7-9-14(10-8-13)17(4,5)18-16(21)15-11(2)12(3)19-20-15/h7-10H,6H2,1-5H3,(H,18,21)(H,19,20). The minimum Gasteiger partial charge on any atom is -0.342 e. The molecule has 2 N–H and O–H groups in total. The largest absolute Gasteiger partial charge is 0.342 e. The minimum absolute atomic E-state index is 0.151. The zero-order chi connectivity index (χ0) is 15.6. The molecular weight excluding hydrogens is 262 g/mol. The van der Waals surface area contributed by atoms with Crippen LogP contribution in [0.25, 0.3) is 0 Å². The Hall–Kier alpha value is -2.10. The molecule has 0 spiro atoms. The van der Waals surface area contributed by atoms with Gasteiger partial charge in [0.25, 0.3) is 5.91 Å². The molecule has 4 nitrogen and oxygen atoms in total. The topological polar surface area (TPSA) is 57.8 Å². The molecule has 1 heterocycles. The molecule has 0 unspecified atom stereocenters. The fourth-order valence-corrected chi connectivity index (χ4v) is 2.28. The summed E-state index contributed by atoms with van der Waals surface area (Å²) in [5.74, 6) is -0.151. The van der Waals surface area contributed by atoms with Gasteiger partial charge in [-0.25, -0.2) is 0 Å². The van der Waals surface area contributed by atoms with Crippen LogP contribution in [0.4, 0.5) is 0 Å². The summed E-state index contributed by atoms with van der Waals surface area (Å²) in [6, 6.07) is 8.35. The van der Waals surface area contributed by atoms with Gasteiger partial charge in [-0.1, -0.05) is 31.2 Å². The third kappa shape index (κ3) is 3.15. The number of aryl methyl sites for hydroxylation is 2. The summed E-state index contributed by atoms with van der Waals surface area (Å²) in [5.41, 5.74) is 4.21. The predicted octanol–water partition coefficient (Wildman–Crippen LogP) is 3.25. The number of aromatic amines is 1. The summed E-state index contributed by atoms with van der Waals surface area (Å²) in [5, 5.41) is 9.99. The average molecular weight is 285 g/mol. The quantitative estimate of drug-likeness (QED) is 0.906. The highest BCUT2D eigenvalue weighted by molar-refractivity contribution is 5.94. The number of benzene rings is 1. The third-order valence-corrected chi connectivity index (χ3v) is 3.98. The number of aromatic nitrogens is 2. The number of nitrogens with one attached hydrogen (secondary N) is 2. The zero-order valence-electron chi connectivity index (χ0n) is 13.4. The van der Waals surface area contributed by atoms with Crippen molar-refractivity contribution in [1.29, 1.82) is 0 Å². The molecule has 0 bridgehead atoms. The Morgan fingerprint density at radius 3 is 2.33 bits per heavy atom. The van der Waals surface area contributed by atoms with Crippen molar-refractivity contribution in [2.24, 2.45) is 0 Å². The highest BCUT2D eigenvalue weighted by Crippen LogP contribution is 2.21. The molecule has 0 atom stereocenters. The first kappa shape index (κ1) is 15.3. The number of H-pyrrole nitrogens is 1. The molecule has 0 saturated heterocycles. The van der Waals surface area contributed by atoms with Crippen LogP contribution in [-0.4, -0.2) is 16.1 Å². The van der Waals surface area contributed by atoms with Crippen LogP contribution in [-0.2, 0) is 12.0 Å². The molecule has 0 fully saturated rings. The zero-order valence-corrected chi connectivity index (χ0v) is 13.4. The maximum absolute atomic E-state index is 12.4. The van der Waals surface area contributed by atoms with Crippen LogP contribution in [0, 0.1) is 13.8 Å². The number of amides is 1. The van der Waals surface area contributed by atoms with E-state index in [1.807, 2.05) is 27.7 Å². The van der Waals surface area contributed by atoms with Gasteiger partial charge in [-0.3, -0.25) is 9.89 Å². The molecule has 1 aromatic carbocycles. The predicted molar refractivity (Wildman–Crippen MR) is 84.4 cm³/mol. The third-order valence-electron chi connectivity index (χ3n) is 3.98. The van der Waals surface area contributed by atoms with Crippen LogP contribution < -0.4 is 5.32 Å². The van der Waals surface area contributed by atoms with E-state index in [-0.39, 0.29) is 5.91 Å². The van der Waals surface area contributed by atoms with E-state index in [0.29, 0.717) is 5.69 Å². The molecule has 21 heavy (non-hydrogen) atoms. The Morgan fingerprint density at radius 1 is 1.24 bits per heavy atom. The van der Waals surface area contributed by atoms with E-state index in [1.165, 1.54) is 5.56 Å². The van der Waals surface area contributed by atoms with Crippen LogP contribution in [0.15, 0.2) is 24.3 Å². The molecule has 4 heteroatoms. The lowest BCUT2D eigenvalue weighted by Gasteiger charge is -2.27. The SMILES string of the molecule is CCc1ccc(C(C)(C)NC(=O)c2n[nH]c(C)c2C)cc1. The lowest BCUT2D eigenvalue weighted by Crippen LogP contribution is -2.41. The van der Waals surface area contributed by atoms with Crippen LogP contribution in [0.5, 0.6) is 0 Å². The maximum Gasteiger partial charge on any atom is 0.272 e. The van der Waals surface area contributed by atoms with Crippen LogP contribution in [0.3, 0.4) is 0 Å². The highest BCUT2D eigenvalue weighted by atomic mass is 16.2. The summed E-state index contributed by atoms with van der Waals surface area (Å²) in [6.45, 7) is 9.94. The van der Waals surface area contributed by atoms with Crippen LogP contribution in [0.1, 0.15) is 53.6 Å². The van der Waals surface area contributed by atoms with E-state index in [4.69, 9.17) is 0 Å². The second kappa shape index (κ2) is 5.72. The Bertz CT molecular complexity index is 639. The fourth-order valence-electron chi connectivity index (χ4n) is 2.28. The number of carbonyl (C=O) groups excluding carboxylic acids is 1. The second-order valence-corrected chi connectivity index (χ2v) is 5.95. The number of hydrogen-bond acceptors (Lipinski definition) is 2. The monoisotopic (exact) mass is 285 g/mol. The lowest BCUT2D eigenvalue weighted by atomic mass is 9.93. The molecule has 0 aliphatic carbocycles. The summed E-state index contributed by atoms with van der Waals surface area (Å²) in [4.78, 5) is 12.4. The molecular formula is C17H23N3O. The number of carbonyl (C=O) groups is 1. The van der Waals surface area contributed by atoms with Crippen molar-refractivity contribution in [3.8, 4) is 0 Å². The van der Waals surface area contributed by atoms with Crippen LogP contribution in [0.2, 0.25) is 0 Å². The fraction of sp³-hybridized carbons (Fsp3) is 0.412. The molecule has 112 valence electrons. The van der Waals surface area contributed by atoms with Gasteiger partial charge in [-0.2, -0.15) is 5.10 Å². The van der Waals surface area contributed by atoms with E-state index in [0.717, 1.165) is 23.2 Å². The van der Waals surface area contributed by atoms with Gasteiger partial charge in [0.2, 0.25) is 0 Å². The van der Waals surface area contributed by atoms with E-state index in [1.54, 1.807) is 0 Å². The van der Waals surface area contributed by atoms with Crippen molar-refractivity contribution < 1.29 is 4.79 Å². The highest BCUT2D eigenvalue weighted by Gasteiger charge is 2.25. The van der Waals surface area contributed by atoms with Gasteiger partial charge in [0.1, 0.15) is 0 Å². The van der Waals surface area contributed by atoms with Crippen molar-refractivity contribution in [2.45, 2.75) is 46.6 Å². The van der Waals surface area contributed by atoms with E-state index >= 15 is 0 Å². The first-order chi connectivity index (χ1) is 9.85. The molecule has 0 aliphatic heterocycles. The van der Waals surface area contributed by atoms with Gasteiger partial charge < -0.3 is 5.32 Å². The summed E-state index contributed by atoms with van der Waals surface area (Å²) in [6.07, 6.45) is 1.01. The van der Waals surface area contributed by atoms with Gasteiger partial charge in [-0.15, -0.1) is 0 Å². The first-order valence-corrected chi connectivity index (χ1v) is 7.28. The first-order valence-electron chi connectivity index (χ1n) is 7.28. The molecule has 0 radical (unpaired) electrons. The number of rotatable bonds is 4. The van der Waals surface area contributed by atoms with Gasteiger partial charge in [0.15, 0.2) is 5.69 Å². The second-order valence-electron chi connectivity index (χ2n) is 5.95. The number of nitrogens with zero attached hydrogens (tertiary/aromatic N) is 1.